The maximum absolute atomic E-state index is 11.6. The van der Waals surface area contributed by atoms with Crippen LogP contribution >= 0.6 is 0 Å². The molecule has 0 radical (unpaired) electrons. The van der Waals surface area contributed by atoms with Gasteiger partial charge in [0.15, 0.2) is 0 Å². The van der Waals surface area contributed by atoms with Gasteiger partial charge in [-0.1, -0.05) is 0 Å². The number of nitrogens with zero attached hydrogens (tertiary/aromatic N) is 1. The van der Waals surface area contributed by atoms with Crippen molar-refractivity contribution in [3.05, 3.63) is 35.4 Å². The summed E-state index contributed by atoms with van der Waals surface area (Å²) in [4.78, 5) is 22.9. The number of esters is 1. The number of carbonyl (C=O) groups excluding carboxylic acids is 2. The number of nitriles is 1. The van der Waals surface area contributed by atoms with Crippen molar-refractivity contribution < 1.29 is 14.3 Å². The fraction of sp³-hybridized carbons (Fsp3) is 0.357. The van der Waals surface area contributed by atoms with Crippen LogP contribution in [0, 0.1) is 11.3 Å². The number of amides is 1. The number of benzene rings is 1. The molecule has 5 heteroatoms. The van der Waals surface area contributed by atoms with Gasteiger partial charge in [0, 0.05) is 6.04 Å². The van der Waals surface area contributed by atoms with Gasteiger partial charge in [0.05, 0.1) is 23.6 Å². The number of hydrogen-bond donors (Lipinski definition) is 1. The maximum Gasteiger partial charge on any atom is 0.338 e. The second kappa shape index (κ2) is 7.17. The van der Waals surface area contributed by atoms with Crippen LogP contribution in [0.2, 0.25) is 0 Å². The summed E-state index contributed by atoms with van der Waals surface area (Å²) in [7, 11) is 0. The Morgan fingerprint density at radius 1 is 1.32 bits per heavy atom. The van der Waals surface area contributed by atoms with Crippen LogP contribution in [0.15, 0.2) is 24.3 Å². The van der Waals surface area contributed by atoms with E-state index in [9.17, 15) is 9.59 Å². The molecule has 1 rings (SSSR count). The maximum atomic E-state index is 11.6. The third kappa shape index (κ3) is 5.21. The largest absolute Gasteiger partial charge is 0.462 e. The molecular weight excluding hydrogens is 244 g/mol. The minimum Gasteiger partial charge on any atom is -0.462 e. The third-order valence-corrected chi connectivity index (χ3v) is 2.26. The monoisotopic (exact) mass is 260 g/mol. The summed E-state index contributed by atoms with van der Waals surface area (Å²) < 4.78 is 4.97. The van der Waals surface area contributed by atoms with Crippen LogP contribution < -0.4 is 5.32 Å². The molecule has 0 saturated carbocycles. The van der Waals surface area contributed by atoms with Gasteiger partial charge in [-0.15, -0.1) is 0 Å². The second-order valence-electron chi connectivity index (χ2n) is 4.30. The number of carbonyl (C=O) groups is 2. The highest BCUT2D eigenvalue weighted by Gasteiger charge is 2.09. The molecular formula is C14H16N2O3. The fourth-order valence-electron chi connectivity index (χ4n) is 1.39. The number of rotatable bonds is 5. The minimum absolute atomic E-state index is 0.0391. The van der Waals surface area contributed by atoms with E-state index in [1.807, 2.05) is 19.9 Å². The number of nitrogens with one attached hydrogen (secondary N) is 1. The van der Waals surface area contributed by atoms with Crippen molar-refractivity contribution in [3.8, 4) is 6.07 Å². The van der Waals surface area contributed by atoms with Crippen molar-refractivity contribution in [2.45, 2.75) is 26.3 Å². The zero-order valence-corrected chi connectivity index (χ0v) is 11.0. The molecule has 5 nitrogen and oxygen atoms in total. The van der Waals surface area contributed by atoms with E-state index in [1.165, 1.54) is 12.1 Å². The van der Waals surface area contributed by atoms with Gasteiger partial charge in [-0.05, 0) is 38.1 Å². The molecule has 100 valence electrons. The predicted molar refractivity (Wildman–Crippen MR) is 69.3 cm³/mol. The zero-order chi connectivity index (χ0) is 14.3. The first-order valence-electron chi connectivity index (χ1n) is 5.99. The number of ether oxygens (including phenoxy) is 1. The Bertz CT molecular complexity index is 486. The van der Waals surface area contributed by atoms with E-state index in [1.54, 1.807) is 12.1 Å². The third-order valence-electron chi connectivity index (χ3n) is 2.26. The Kier molecular flexibility index (Phi) is 5.55. The topological polar surface area (TPSA) is 79.2 Å². The summed E-state index contributed by atoms with van der Waals surface area (Å²) >= 11 is 0. The lowest BCUT2D eigenvalue weighted by Gasteiger charge is -2.08. The van der Waals surface area contributed by atoms with E-state index >= 15 is 0 Å². The second-order valence-corrected chi connectivity index (χ2v) is 4.30. The van der Waals surface area contributed by atoms with Crippen molar-refractivity contribution in [3.63, 3.8) is 0 Å². The molecule has 0 spiro atoms. The van der Waals surface area contributed by atoms with Crippen molar-refractivity contribution in [2.24, 2.45) is 0 Å². The van der Waals surface area contributed by atoms with Crippen molar-refractivity contribution >= 4 is 11.9 Å². The van der Waals surface area contributed by atoms with Crippen LogP contribution in [-0.2, 0) is 9.53 Å². The van der Waals surface area contributed by atoms with Crippen molar-refractivity contribution in [2.75, 3.05) is 6.61 Å². The normalized spacial score (nSPS) is 9.79. The summed E-state index contributed by atoms with van der Waals surface area (Å²) in [5, 5.41) is 11.3. The first kappa shape index (κ1) is 14.7. The van der Waals surface area contributed by atoms with Crippen molar-refractivity contribution in [1.82, 2.24) is 5.32 Å². The van der Waals surface area contributed by atoms with Gasteiger partial charge >= 0.3 is 5.97 Å². The van der Waals surface area contributed by atoms with Gasteiger partial charge in [0.25, 0.3) is 0 Å². The van der Waals surface area contributed by atoms with Crippen LogP contribution in [0.3, 0.4) is 0 Å². The summed E-state index contributed by atoms with van der Waals surface area (Å²) in [6, 6.07) is 8.17. The van der Waals surface area contributed by atoms with Crippen LogP contribution in [-0.4, -0.2) is 24.5 Å². The molecule has 0 fully saturated rings. The molecule has 0 aliphatic rings. The van der Waals surface area contributed by atoms with Gasteiger partial charge in [-0.3, -0.25) is 4.79 Å². The van der Waals surface area contributed by atoms with E-state index < -0.39 is 5.97 Å². The lowest BCUT2D eigenvalue weighted by Crippen LogP contribution is -2.31. The summed E-state index contributed by atoms with van der Waals surface area (Å²) in [5.74, 6) is -0.649. The molecule has 0 saturated heterocycles. The van der Waals surface area contributed by atoms with Crippen LogP contribution in [0.1, 0.15) is 36.2 Å². The first-order chi connectivity index (χ1) is 9.02. The van der Waals surface area contributed by atoms with E-state index in [4.69, 9.17) is 10.00 Å². The molecule has 0 bridgehead atoms. The molecule has 0 aliphatic heterocycles. The summed E-state index contributed by atoms with van der Waals surface area (Å²) in [5.41, 5.74) is 0.844. The van der Waals surface area contributed by atoms with E-state index in [0.29, 0.717) is 11.1 Å². The standard InChI is InChI=1S/C14H16N2O3/c1-10(2)16-13(17)7-8-19-14(18)12-5-3-11(9-15)4-6-12/h3-6,10H,7-8H2,1-2H3,(H,16,17). The summed E-state index contributed by atoms with van der Waals surface area (Å²) in [6.07, 6.45) is 0.139. The fourth-order valence-corrected chi connectivity index (χ4v) is 1.39. The molecule has 1 N–H and O–H groups in total. The Labute approximate surface area is 112 Å². The van der Waals surface area contributed by atoms with E-state index in [2.05, 4.69) is 5.32 Å². The van der Waals surface area contributed by atoms with Gasteiger partial charge in [0.1, 0.15) is 6.61 Å². The smallest absolute Gasteiger partial charge is 0.338 e. The molecule has 0 aliphatic carbocycles. The van der Waals surface area contributed by atoms with Crippen LogP contribution in [0.25, 0.3) is 0 Å². The zero-order valence-electron chi connectivity index (χ0n) is 11.0. The highest BCUT2D eigenvalue weighted by atomic mass is 16.5. The van der Waals surface area contributed by atoms with Gasteiger partial charge < -0.3 is 10.1 Å². The van der Waals surface area contributed by atoms with Crippen molar-refractivity contribution in [1.29, 1.82) is 5.26 Å². The summed E-state index contributed by atoms with van der Waals surface area (Å²) in [6.45, 7) is 3.76. The molecule has 19 heavy (non-hydrogen) atoms. The molecule has 0 heterocycles. The molecule has 1 aromatic carbocycles. The average molecular weight is 260 g/mol. The van der Waals surface area contributed by atoms with E-state index in [0.717, 1.165) is 0 Å². The molecule has 0 atom stereocenters. The predicted octanol–water partition coefficient (Wildman–Crippen LogP) is 1.63. The minimum atomic E-state index is -0.498. The SMILES string of the molecule is CC(C)NC(=O)CCOC(=O)c1ccc(C#N)cc1. The Morgan fingerprint density at radius 3 is 2.47 bits per heavy atom. The lowest BCUT2D eigenvalue weighted by molar-refractivity contribution is -0.122. The highest BCUT2D eigenvalue weighted by molar-refractivity contribution is 5.89. The quantitative estimate of drug-likeness (QED) is 0.816. The Hall–Kier alpha value is -2.35. The number of hydrogen-bond acceptors (Lipinski definition) is 4. The van der Waals surface area contributed by atoms with Crippen LogP contribution in [0.4, 0.5) is 0 Å². The molecule has 0 unspecified atom stereocenters. The van der Waals surface area contributed by atoms with Crippen LogP contribution in [0.5, 0.6) is 0 Å². The van der Waals surface area contributed by atoms with Gasteiger partial charge in [-0.25, -0.2) is 4.79 Å². The molecule has 1 amide bonds. The Balaban J connectivity index is 2.39. The molecule has 0 aromatic heterocycles. The molecule has 1 aromatic rings. The Morgan fingerprint density at radius 2 is 1.95 bits per heavy atom. The van der Waals surface area contributed by atoms with Gasteiger partial charge in [0.2, 0.25) is 5.91 Å². The lowest BCUT2D eigenvalue weighted by atomic mass is 10.1. The van der Waals surface area contributed by atoms with E-state index in [-0.39, 0.29) is 25.0 Å². The average Bonchev–Trinajstić information content (AvgIpc) is 2.37. The van der Waals surface area contributed by atoms with Gasteiger partial charge in [-0.2, -0.15) is 5.26 Å². The first-order valence-corrected chi connectivity index (χ1v) is 5.99. The highest BCUT2D eigenvalue weighted by Crippen LogP contribution is 2.05.